The van der Waals surface area contributed by atoms with Crippen molar-refractivity contribution >= 4 is 21.5 Å². The Morgan fingerprint density at radius 3 is 2.85 bits per heavy atom. The highest BCUT2D eigenvalue weighted by Gasteiger charge is 2.39. The molecule has 10 nitrogen and oxygen atoms in total. The first-order chi connectivity index (χ1) is 15.7. The summed E-state index contributed by atoms with van der Waals surface area (Å²) < 4.78 is 35.4. The highest BCUT2D eigenvalue weighted by molar-refractivity contribution is 7.93. The van der Waals surface area contributed by atoms with Crippen molar-refractivity contribution in [3.8, 4) is 22.9 Å². The lowest BCUT2D eigenvalue weighted by Crippen LogP contribution is -2.39. The number of nitrogens with zero attached hydrogens (tertiary/aromatic N) is 6. The number of nitrogen functional groups attached to an aromatic ring is 1. The Hall–Kier alpha value is -3.62. The quantitative estimate of drug-likeness (QED) is 0.535. The van der Waals surface area contributed by atoms with Crippen LogP contribution in [0.2, 0.25) is 0 Å². The van der Waals surface area contributed by atoms with E-state index in [4.69, 9.17) is 10.5 Å². The molecule has 5 rings (SSSR count). The minimum absolute atomic E-state index is 0.0227. The van der Waals surface area contributed by atoms with E-state index in [0.717, 1.165) is 11.1 Å². The summed E-state index contributed by atoms with van der Waals surface area (Å²) in [7, 11) is -1.91. The number of hydrogen-bond donors (Lipinski definition) is 1. The monoisotopic (exact) mass is 465 g/mol. The maximum Gasteiger partial charge on any atom is 0.250 e. The van der Waals surface area contributed by atoms with E-state index >= 15 is 0 Å². The van der Waals surface area contributed by atoms with Gasteiger partial charge in [0.1, 0.15) is 17.9 Å². The van der Waals surface area contributed by atoms with Crippen LogP contribution in [0.3, 0.4) is 0 Å². The van der Waals surface area contributed by atoms with Gasteiger partial charge in [-0.2, -0.15) is 19.8 Å². The van der Waals surface area contributed by atoms with Crippen molar-refractivity contribution in [2.45, 2.75) is 26.5 Å². The Labute approximate surface area is 191 Å². The molecule has 1 fully saturated rings. The van der Waals surface area contributed by atoms with Gasteiger partial charge in [0.05, 0.1) is 23.7 Å². The zero-order valence-electron chi connectivity index (χ0n) is 18.5. The SMILES string of the molecule is Cc1ccc2c(c1)[C@@H](C)Oc1cc(cnc1N)-c1c(nn(C)c1C#N)CN1CCS(=O)(=O)N21. The van der Waals surface area contributed by atoms with Crippen molar-refractivity contribution in [2.24, 2.45) is 7.05 Å². The molecule has 0 unspecified atom stereocenters. The molecule has 2 aliphatic rings. The number of hydrogen-bond acceptors (Lipinski definition) is 8. The van der Waals surface area contributed by atoms with E-state index in [1.807, 2.05) is 26.0 Å². The van der Waals surface area contributed by atoms with E-state index in [-0.39, 0.29) is 18.1 Å². The fourth-order valence-corrected chi connectivity index (χ4v) is 6.00. The third kappa shape index (κ3) is 3.39. The second-order valence-corrected chi connectivity index (χ2v) is 10.2. The molecule has 4 heterocycles. The minimum atomic E-state index is -3.60. The number of pyridine rings is 1. The molecule has 2 aliphatic heterocycles. The molecule has 11 heteroatoms. The van der Waals surface area contributed by atoms with Gasteiger partial charge in [0.25, 0.3) is 0 Å². The first-order valence-corrected chi connectivity index (χ1v) is 12.1. The lowest BCUT2D eigenvalue weighted by Gasteiger charge is -2.31. The van der Waals surface area contributed by atoms with Gasteiger partial charge < -0.3 is 10.5 Å². The third-order valence-electron chi connectivity index (χ3n) is 5.99. The van der Waals surface area contributed by atoms with Crippen molar-refractivity contribution < 1.29 is 13.2 Å². The van der Waals surface area contributed by atoms with Crippen molar-refractivity contribution in [3.63, 3.8) is 0 Å². The van der Waals surface area contributed by atoms with Gasteiger partial charge in [0, 0.05) is 36.5 Å². The van der Waals surface area contributed by atoms with Crippen LogP contribution in [0, 0.1) is 18.3 Å². The standard InChI is InChI=1S/C22H23N7O3S/c1-13-4-5-18-16(8-13)14(2)32-20-9-15(11-25-22(20)24)21-17(26-27(3)19(21)10-23)12-28-6-7-33(30,31)29(18)28/h4-5,8-9,11,14H,6-7,12H2,1-3H3,(H2,24,25)/t14-/m1/s1. The van der Waals surface area contributed by atoms with Crippen LogP contribution < -0.4 is 14.9 Å². The lowest BCUT2D eigenvalue weighted by atomic mass is 10.0. The summed E-state index contributed by atoms with van der Waals surface area (Å²) in [5.74, 6) is 0.537. The van der Waals surface area contributed by atoms with Crippen LogP contribution in [0.25, 0.3) is 11.1 Å². The van der Waals surface area contributed by atoms with E-state index in [2.05, 4.69) is 16.2 Å². The van der Waals surface area contributed by atoms with E-state index in [0.29, 0.717) is 40.5 Å². The van der Waals surface area contributed by atoms with Crippen LogP contribution in [-0.4, -0.2) is 40.5 Å². The number of aryl methyl sites for hydroxylation is 2. The van der Waals surface area contributed by atoms with Gasteiger partial charge in [0.2, 0.25) is 10.0 Å². The number of anilines is 2. The molecule has 170 valence electrons. The van der Waals surface area contributed by atoms with Crippen molar-refractivity contribution in [2.75, 3.05) is 22.4 Å². The number of hydrazine groups is 1. The number of nitriles is 1. The van der Waals surface area contributed by atoms with Crippen molar-refractivity contribution in [3.05, 3.63) is 53.0 Å². The Bertz CT molecular complexity index is 1420. The van der Waals surface area contributed by atoms with Crippen molar-refractivity contribution in [1.29, 1.82) is 5.26 Å². The Kier molecular flexibility index (Phi) is 4.81. The summed E-state index contributed by atoms with van der Waals surface area (Å²) in [6.45, 7) is 4.29. The van der Waals surface area contributed by atoms with Crippen LogP contribution in [-0.2, 0) is 23.6 Å². The molecule has 1 saturated heterocycles. The number of aromatic nitrogens is 3. The van der Waals surface area contributed by atoms with Crippen LogP contribution in [0.1, 0.15) is 35.5 Å². The summed E-state index contributed by atoms with van der Waals surface area (Å²) >= 11 is 0. The zero-order chi connectivity index (χ0) is 23.5. The van der Waals surface area contributed by atoms with Crippen LogP contribution >= 0.6 is 0 Å². The first-order valence-electron chi connectivity index (χ1n) is 10.5. The van der Waals surface area contributed by atoms with Crippen LogP contribution in [0.15, 0.2) is 30.5 Å². The maximum atomic E-state index is 13.2. The maximum absolute atomic E-state index is 13.2. The Morgan fingerprint density at radius 2 is 2.09 bits per heavy atom. The smallest absolute Gasteiger partial charge is 0.250 e. The molecule has 0 saturated carbocycles. The van der Waals surface area contributed by atoms with Crippen LogP contribution in [0.5, 0.6) is 5.75 Å². The highest BCUT2D eigenvalue weighted by atomic mass is 32.2. The number of ether oxygens (including phenoxy) is 1. The number of fused-ring (bicyclic) bond motifs is 7. The fourth-order valence-electron chi connectivity index (χ4n) is 4.43. The minimum Gasteiger partial charge on any atom is -0.482 e. The second kappa shape index (κ2) is 7.47. The molecule has 2 aromatic heterocycles. The molecule has 2 bridgehead atoms. The molecule has 3 aromatic rings. The molecule has 0 amide bonds. The molecular formula is C22H23N7O3S. The molecule has 0 radical (unpaired) electrons. The third-order valence-corrected chi connectivity index (χ3v) is 7.64. The number of rotatable bonds is 0. The van der Waals surface area contributed by atoms with E-state index in [1.165, 1.54) is 9.10 Å². The van der Waals surface area contributed by atoms with Gasteiger partial charge in [-0.15, -0.1) is 0 Å². The first kappa shape index (κ1) is 21.2. The van der Waals surface area contributed by atoms with E-state index in [1.54, 1.807) is 30.4 Å². The second-order valence-electron chi connectivity index (χ2n) is 8.28. The number of benzene rings is 1. The van der Waals surface area contributed by atoms with Crippen molar-refractivity contribution in [1.82, 2.24) is 19.8 Å². The highest BCUT2D eigenvalue weighted by Crippen LogP contribution is 2.40. The predicted octanol–water partition coefficient (Wildman–Crippen LogP) is 2.26. The molecule has 0 spiro atoms. The van der Waals surface area contributed by atoms with Gasteiger partial charge in [-0.25, -0.2) is 13.4 Å². The average molecular weight is 466 g/mol. The summed E-state index contributed by atoms with van der Waals surface area (Å²) in [5.41, 5.74) is 10.5. The fraction of sp³-hybridized carbons (Fsp3) is 0.318. The number of sulfonamides is 1. The Balaban J connectivity index is 1.80. The van der Waals surface area contributed by atoms with Gasteiger partial charge in [0.15, 0.2) is 11.6 Å². The lowest BCUT2D eigenvalue weighted by molar-refractivity contribution is 0.226. The van der Waals surface area contributed by atoms with Gasteiger partial charge in [-0.1, -0.05) is 17.7 Å². The molecular weight excluding hydrogens is 442 g/mol. The van der Waals surface area contributed by atoms with Gasteiger partial charge >= 0.3 is 0 Å². The molecule has 1 atom stereocenters. The van der Waals surface area contributed by atoms with E-state index in [9.17, 15) is 13.7 Å². The molecule has 0 aliphatic carbocycles. The number of nitrogens with two attached hydrogens (primary N) is 1. The zero-order valence-corrected chi connectivity index (χ0v) is 19.3. The van der Waals surface area contributed by atoms with Gasteiger partial charge in [-0.05, 0) is 26.0 Å². The summed E-state index contributed by atoms with van der Waals surface area (Å²) in [6, 6.07) is 9.55. The van der Waals surface area contributed by atoms with Crippen LogP contribution in [0.4, 0.5) is 11.5 Å². The molecule has 1 aromatic carbocycles. The predicted molar refractivity (Wildman–Crippen MR) is 122 cm³/mol. The normalized spacial score (nSPS) is 19.3. The van der Waals surface area contributed by atoms with Gasteiger partial charge in [-0.3, -0.25) is 4.68 Å². The Morgan fingerprint density at radius 1 is 1.30 bits per heavy atom. The summed E-state index contributed by atoms with van der Waals surface area (Å²) in [6.07, 6.45) is 1.07. The average Bonchev–Trinajstić information content (AvgIpc) is 3.24. The van der Waals surface area contributed by atoms with E-state index < -0.39 is 16.1 Å². The molecule has 33 heavy (non-hydrogen) atoms. The topological polar surface area (TPSA) is 130 Å². The summed E-state index contributed by atoms with van der Waals surface area (Å²) in [4.78, 5) is 4.30. The summed E-state index contributed by atoms with van der Waals surface area (Å²) in [5, 5.41) is 16.1. The molecule has 2 N–H and O–H groups in total. The largest absolute Gasteiger partial charge is 0.482 e.